The molecule has 0 aromatic carbocycles. The predicted molar refractivity (Wildman–Crippen MR) is 41.2 cm³/mol. The Labute approximate surface area is 73.9 Å². The SMILES string of the molecule is CC(C)n1nnnc1C(F)(F)CN. The molecule has 0 spiro atoms. The zero-order chi connectivity index (χ0) is 10.1. The minimum absolute atomic E-state index is 0.206. The van der Waals surface area contributed by atoms with Crippen LogP contribution in [0.5, 0.6) is 0 Å². The minimum atomic E-state index is -3.16. The zero-order valence-electron chi connectivity index (χ0n) is 7.41. The van der Waals surface area contributed by atoms with Gasteiger partial charge < -0.3 is 5.73 Å². The molecule has 1 rings (SSSR count). The van der Waals surface area contributed by atoms with Gasteiger partial charge in [0, 0.05) is 0 Å². The van der Waals surface area contributed by atoms with E-state index in [9.17, 15) is 8.78 Å². The summed E-state index contributed by atoms with van der Waals surface area (Å²) in [5.74, 6) is -3.64. The Bertz CT molecular complexity index is 282. The van der Waals surface area contributed by atoms with Crippen molar-refractivity contribution in [2.45, 2.75) is 25.8 Å². The maximum absolute atomic E-state index is 13.1. The van der Waals surface area contributed by atoms with E-state index in [4.69, 9.17) is 5.73 Å². The summed E-state index contributed by atoms with van der Waals surface area (Å²) in [5.41, 5.74) is 4.91. The summed E-state index contributed by atoms with van der Waals surface area (Å²) in [6.45, 7) is 2.64. The molecule has 0 fully saturated rings. The van der Waals surface area contributed by atoms with Crippen LogP contribution in [-0.2, 0) is 5.92 Å². The van der Waals surface area contributed by atoms with Crippen molar-refractivity contribution in [1.29, 1.82) is 0 Å². The normalized spacial score (nSPS) is 12.5. The van der Waals surface area contributed by atoms with Gasteiger partial charge in [-0.05, 0) is 24.3 Å². The fourth-order valence-electron chi connectivity index (χ4n) is 0.874. The van der Waals surface area contributed by atoms with Gasteiger partial charge in [-0.1, -0.05) is 0 Å². The number of rotatable bonds is 3. The van der Waals surface area contributed by atoms with Gasteiger partial charge in [-0.15, -0.1) is 5.10 Å². The maximum Gasteiger partial charge on any atom is 0.320 e. The molecule has 0 amide bonds. The number of alkyl halides is 2. The molecule has 0 saturated carbocycles. The van der Waals surface area contributed by atoms with Gasteiger partial charge in [0.1, 0.15) is 0 Å². The van der Waals surface area contributed by atoms with E-state index in [2.05, 4.69) is 15.5 Å². The first-order valence-electron chi connectivity index (χ1n) is 3.85. The summed E-state index contributed by atoms with van der Waals surface area (Å²) >= 11 is 0. The molecular formula is C6H11F2N5. The van der Waals surface area contributed by atoms with Gasteiger partial charge in [-0.3, -0.25) is 0 Å². The third-order valence-electron chi connectivity index (χ3n) is 1.57. The van der Waals surface area contributed by atoms with E-state index in [-0.39, 0.29) is 6.04 Å². The van der Waals surface area contributed by atoms with Crippen molar-refractivity contribution in [2.75, 3.05) is 6.54 Å². The Morgan fingerprint density at radius 2 is 2.15 bits per heavy atom. The van der Waals surface area contributed by atoms with Crippen molar-refractivity contribution in [3.63, 3.8) is 0 Å². The van der Waals surface area contributed by atoms with Crippen molar-refractivity contribution < 1.29 is 8.78 Å². The summed E-state index contributed by atoms with van der Waals surface area (Å²) in [6.07, 6.45) is 0. The smallest absolute Gasteiger partial charge is 0.320 e. The molecule has 0 unspecified atom stereocenters. The van der Waals surface area contributed by atoms with Crippen LogP contribution in [0.1, 0.15) is 25.7 Å². The van der Waals surface area contributed by atoms with Crippen LogP contribution in [0.2, 0.25) is 0 Å². The monoisotopic (exact) mass is 191 g/mol. The Hall–Kier alpha value is -1.11. The summed E-state index contributed by atoms with van der Waals surface area (Å²) in [5, 5.41) is 9.89. The molecule has 0 aliphatic heterocycles. The number of halogens is 2. The predicted octanol–water partition coefficient (Wildman–Crippen LogP) is 0.305. The molecule has 5 nitrogen and oxygen atoms in total. The third kappa shape index (κ3) is 1.80. The Balaban J connectivity index is 3.07. The summed E-state index contributed by atoms with van der Waals surface area (Å²) < 4.78 is 27.2. The van der Waals surface area contributed by atoms with Gasteiger partial charge in [0.25, 0.3) is 0 Å². The lowest BCUT2D eigenvalue weighted by Gasteiger charge is -2.14. The lowest BCUT2D eigenvalue weighted by Crippen LogP contribution is -2.29. The van der Waals surface area contributed by atoms with Crippen LogP contribution in [0, 0.1) is 0 Å². The van der Waals surface area contributed by atoms with Crippen molar-refractivity contribution in [2.24, 2.45) is 5.73 Å². The average molecular weight is 191 g/mol. The van der Waals surface area contributed by atoms with Gasteiger partial charge in [-0.25, -0.2) is 4.68 Å². The van der Waals surface area contributed by atoms with E-state index in [1.165, 1.54) is 0 Å². The lowest BCUT2D eigenvalue weighted by molar-refractivity contribution is -0.00922. The number of nitrogens with zero attached hydrogens (tertiary/aromatic N) is 4. The third-order valence-corrected chi connectivity index (χ3v) is 1.57. The molecule has 0 atom stereocenters. The number of hydrogen-bond donors (Lipinski definition) is 1. The minimum Gasteiger partial charge on any atom is -0.325 e. The largest absolute Gasteiger partial charge is 0.325 e. The second kappa shape index (κ2) is 3.33. The van der Waals surface area contributed by atoms with E-state index < -0.39 is 18.3 Å². The molecule has 0 radical (unpaired) electrons. The first-order valence-corrected chi connectivity index (χ1v) is 3.85. The molecule has 7 heteroatoms. The molecule has 2 N–H and O–H groups in total. The maximum atomic E-state index is 13.1. The fraction of sp³-hybridized carbons (Fsp3) is 0.833. The molecule has 0 aliphatic rings. The molecule has 1 aromatic rings. The average Bonchev–Trinajstić information content (AvgIpc) is 2.52. The Morgan fingerprint density at radius 1 is 1.54 bits per heavy atom. The molecule has 0 saturated heterocycles. The quantitative estimate of drug-likeness (QED) is 0.746. The Kier molecular flexibility index (Phi) is 2.55. The van der Waals surface area contributed by atoms with Crippen LogP contribution in [0.4, 0.5) is 8.78 Å². The highest BCUT2D eigenvalue weighted by atomic mass is 19.3. The standard InChI is InChI=1S/C6H11F2N5/c1-4(2)13-5(10-11-12-13)6(7,8)3-9/h4H,3,9H2,1-2H3. The molecule has 1 aromatic heterocycles. The zero-order valence-corrected chi connectivity index (χ0v) is 7.41. The van der Waals surface area contributed by atoms with Crippen molar-refractivity contribution in [1.82, 2.24) is 20.2 Å². The summed E-state index contributed by atoms with van der Waals surface area (Å²) in [6, 6.07) is -0.206. The molecule has 13 heavy (non-hydrogen) atoms. The van der Waals surface area contributed by atoms with Crippen LogP contribution in [0.15, 0.2) is 0 Å². The number of tetrazole rings is 1. The van der Waals surface area contributed by atoms with Crippen molar-refractivity contribution >= 4 is 0 Å². The van der Waals surface area contributed by atoms with Gasteiger partial charge in [0.2, 0.25) is 5.82 Å². The number of nitrogens with two attached hydrogens (primary N) is 1. The van der Waals surface area contributed by atoms with Gasteiger partial charge in [0.15, 0.2) is 0 Å². The van der Waals surface area contributed by atoms with Crippen LogP contribution < -0.4 is 5.73 Å². The molecular weight excluding hydrogens is 180 g/mol. The van der Waals surface area contributed by atoms with E-state index in [0.29, 0.717) is 0 Å². The van der Waals surface area contributed by atoms with Crippen LogP contribution in [0.3, 0.4) is 0 Å². The van der Waals surface area contributed by atoms with E-state index in [1.807, 2.05) is 0 Å². The fourth-order valence-corrected chi connectivity index (χ4v) is 0.874. The second-order valence-corrected chi connectivity index (χ2v) is 2.95. The van der Waals surface area contributed by atoms with Crippen LogP contribution in [-0.4, -0.2) is 26.8 Å². The van der Waals surface area contributed by atoms with Gasteiger partial charge in [0.05, 0.1) is 12.6 Å². The van der Waals surface area contributed by atoms with E-state index in [1.54, 1.807) is 13.8 Å². The number of aromatic nitrogens is 4. The van der Waals surface area contributed by atoms with E-state index in [0.717, 1.165) is 4.68 Å². The van der Waals surface area contributed by atoms with Crippen molar-refractivity contribution in [3.8, 4) is 0 Å². The summed E-state index contributed by atoms with van der Waals surface area (Å²) in [7, 11) is 0. The van der Waals surface area contributed by atoms with Gasteiger partial charge >= 0.3 is 5.92 Å². The summed E-state index contributed by atoms with van der Waals surface area (Å²) in [4.78, 5) is 0. The first-order chi connectivity index (χ1) is 5.99. The van der Waals surface area contributed by atoms with Gasteiger partial charge in [-0.2, -0.15) is 8.78 Å². The topological polar surface area (TPSA) is 69.6 Å². The molecule has 74 valence electrons. The molecule has 1 heterocycles. The van der Waals surface area contributed by atoms with E-state index >= 15 is 0 Å². The highest BCUT2D eigenvalue weighted by Crippen LogP contribution is 2.25. The highest BCUT2D eigenvalue weighted by Gasteiger charge is 2.36. The van der Waals surface area contributed by atoms with Crippen molar-refractivity contribution in [3.05, 3.63) is 5.82 Å². The highest BCUT2D eigenvalue weighted by molar-refractivity contribution is 4.95. The Morgan fingerprint density at radius 3 is 2.62 bits per heavy atom. The molecule has 0 bridgehead atoms. The van der Waals surface area contributed by atoms with Crippen LogP contribution >= 0.6 is 0 Å². The number of hydrogen-bond acceptors (Lipinski definition) is 4. The lowest BCUT2D eigenvalue weighted by atomic mass is 10.3. The first kappa shape index (κ1) is 9.97. The molecule has 0 aliphatic carbocycles. The van der Waals surface area contributed by atoms with Crippen LogP contribution in [0.25, 0.3) is 0 Å². The second-order valence-electron chi connectivity index (χ2n) is 2.95.